The molecule has 0 bridgehead atoms. The van der Waals surface area contributed by atoms with Crippen LogP contribution in [0.5, 0.6) is 0 Å². The predicted octanol–water partition coefficient (Wildman–Crippen LogP) is 4.60. The number of carbonyl (C=O) groups is 1. The van der Waals surface area contributed by atoms with Gasteiger partial charge in [0.25, 0.3) is 0 Å². The fraction of sp³-hybridized carbons (Fsp3) is 0.938. The first kappa shape index (κ1) is 13.1. The maximum atomic E-state index is 11.3. The van der Waals surface area contributed by atoms with Crippen LogP contribution < -0.4 is 0 Å². The molecule has 2 rings (SSSR count). The second-order valence-electron chi connectivity index (χ2n) is 6.48. The van der Waals surface area contributed by atoms with Gasteiger partial charge in [-0.1, -0.05) is 26.7 Å². The fourth-order valence-corrected chi connectivity index (χ4v) is 4.16. The summed E-state index contributed by atoms with van der Waals surface area (Å²) in [5.74, 6) is 4.23. The summed E-state index contributed by atoms with van der Waals surface area (Å²) in [6.07, 6.45) is 11.2. The van der Waals surface area contributed by atoms with Gasteiger partial charge in [0, 0.05) is 12.8 Å². The van der Waals surface area contributed by atoms with Crippen LogP contribution in [0.3, 0.4) is 0 Å². The van der Waals surface area contributed by atoms with E-state index in [0.717, 1.165) is 36.5 Å². The molecule has 0 spiro atoms. The van der Waals surface area contributed by atoms with Crippen LogP contribution in [0.4, 0.5) is 0 Å². The summed E-state index contributed by atoms with van der Waals surface area (Å²) in [6.45, 7) is 4.77. The topological polar surface area (TPSA) is 17.1 Å². The van der Waals surface area contributed by atoms with Gasteiger partial charge in [-0.25, -0.2) is 0 Å². The van der Waals surface area contributed by atoms with Crippen molar-refractivity contribution < 1.29 is 4.79 Å². The van der Waals surface area contributed by atoms with Gasteiger partial charge >= 0.3 is 0 Å². The normalized spacial score (nSPS) is 36.1. The largest absolute Gasteiger partial charge is 0.300 e. The van der Waals surface area contributed by atoms with E-state index >= 15 is 0 Å². The van der Waals surface area contributed by atoms with Gasteiger partial charge in [-0.15, -0.1) is 0 Å². The molecule has 1 heteroatoms. The van der Waals surface area contributed by atoms with E-state index in [-0.39, 0.29) is 0 Å². The SMILES string of the molecule is CCCC1CCC(C2CCC(=O)CC2)CC1C. The number of hydrogen-bond acceptors (Lipinski definition) is 1. The van der Waals surface area contributed by atoms with E-state index in [1.165, 1.54) is 44.9 Å². The molecule has 0 amide bonds. The first-order valence-electron chi connectivity index (χ1n) is 7.72. The second-order valence-corrected chi connectivity index (χ2v) is 6.48. The summed E-state index contributed by atoms with van der Waals surface area (Å²) in [5, 5.41) is 0. The van der Waals surface area contributed by atoms with Gasteiger partial charge < -0.3 is 0 Å². The first-order chi connectivity index (χ1) is 8.20. The van der Waals surface area contributed by atoms with E-state index in [4.69, 9.17) is 0 Å². The zero-order valence-electron chi connectivity index (χ0n) is 11.6. The molecule has 2 aliphatic rings. The highest BCUT2D eigenvalue weighted by Crippen LogP contribution is 2.43. The van der Waals surface area contributed by atoms with E-state index in [1.807, 2.05) is 0 Å². The van der Waals surface area contributed by atoms with Crippen molar-refractivity contribution in [3.63, 3.8) is 0 Å². The number of carbonyl (C=O) groups excluding carboxylic acids is 1. The molecule has 0 aromatic rings. The van der Waals surface area contributed by atoms with E-state index in [2.05, 4.69) is 13.8 Å². The number of hydrogen-bond donors (Lipinski definition) is 0. The van der Waals surface area contributed by atoms with Gasteiger partial charge in [-0.2, -0.15) is 0 Å². The van der Waals surface area contributed by atoms with Crippen LogP contribution in [0.1, 0.15) is 71.6 Å². The van der Waals surface area contributed by atoms with Crippen molar-refractivity contribution in [2.24, 2.45) is 23.7 Å². The van der Waals surface area contributed by atoms with Gasteiger partial charge in [0.05, 0.1) is 0 Å². The summed E-state index contributed by atoms with van der Waals surface area (Å²) in [4.78, 5) is 11.3. The van der Waals surface area contributed by atoms with Crippen molar-refractivity contribution in [1.29, 1.82) is 0 Å². The van der Waals surface area contributed by atoms with Crippen molar-refractivity contribution >= 4 is 5.78 Å². The van der Waals surface area contributed by atoms with E-state index in [0.29, 0.717) is 5.78 Å². The van der Waals surface area contributed by atoms with Crippen LogP contribution in [-0.2, 0) is 4.79 Å². The number of rotatable bonds is 3. The molecule has 1 nitrogen and oxygen atoms in total. The van der Waals surface area contributed by atoms with Crippen LogP contribution in [0, 0.1) is 23.7 Å². The highest BCUT2D eigenvalue weighted by molar-refractivity contribution is 5.79. The van der Waals surface area contributed by atoms with E-state index in [9.17, 15) is 4.79 Å². The zero-order chi connectivity index (χ0) is 12.3. The molecule has 0 saturated heterocycles. The minimum absolute atomic E-state index is 0.508. The van der Waals surface area contributed by atoms with Gasteiger partial charge in [-0.05, 0) is 55.8 Å². The Morgan fingerprint density at radius 1 is 1.06 bits per heavy atom. The van der Waals surface area contributed by atoms with Crippen LogP contribution in [0.25, 0.3) is 0 Å². The van der Waals surface area contributed by atoms with Crippen molar-refractivity contribution in [1.82, 2.24) is 0 Å². The minimum atomic E-state index is 0.508. The van der Waals surface area contributed by atoms with Crippen molar-refractivity contribution in [3.8, 4) is 0 Å². The molecule has 3 atom stereocenters. The van der Waals surface area contributed by atoms with Gasteiger partial charge in [0.15, 0.2) is 0 Å². The highest BCUT2D eigenvalue weighted by Gasteiger charge is 2.33. The van der Waals surface area contributed by atoms with Crippen LogP contribution >= 0.6 is 0 Å². The van der Waals surface area contributed by atoms with Crippen molar-refractivity contribution in [3.05, 3.63) is 0 Å². The number of Topliss-reactive ketones (excluding diaryl/α,β-unsaturated/α-hetero) is 1. The molecule has 0 N–H and O–H groups in total. The molecular weight excluding hydrogens is 208 g/mol. The Bertz CT molecular complexity index is 248. The molecule has 2 aliphatic carbocycles. The molecule has 3 unspecified atom stereocenters. The lowest BCUT2D eigenvalue weighted by molar-refractivity contribution is -0.121. The van der Waals surface area contributed by atoms with Crippen molar-refractivity contribution in [2.75, 3.05) is 0 Å². The fourth-order valence-electron chi connectivity index (χ4n) is 4.16. The lowest BCUT2D eigenvalue weighted by Crippen LogP contribution is -2.29. The average molecular weight is 236 g/mol. The summed E-state index contributed by atoms with van der Waals surface area (Å²) in [7, 11) is 0. The lowest BCUT2D eigenvalue weighted by atomic mass is 9.66. The monoisotopic (exact) mass is 236 g/mol. The summed E-state index contributed by atoms with van der Waals surface area (Å²) in [6, 6.07) is 0. The minimum Gasteiger partial charge on any atom is -0.300 e. The molecule has 0 aromatic heterocycles. The van der Waals surface area contributed by atoms with E-state index < -0.39 is 0 Å². The standard InChI is InChI=1S/C16H28O/c1-3-4-13-5-6-15(11-12(13)2)14-7-9-16(17)10-8-14/h12-15H,3-11H2,1-2H3. The summed E-state index contributed by atoms with van der Waals surface area (Å²) >= 11 is 0. The molecule has 98 valence electrons. The number of ketones is 1. The third kappa shape index (κ3) is 3.33. The lowest BCUT2D eigenvalue weighted by Gasteiger charge is -2.39. The molecule has 2 fully saturated rings. The maximum Gasteiger partial charge on any atom is 0.132 e. The predicted molar refractivity (Wildman–Crippen MR) is 71.9 cm³/mol. The molecule has 2 saturated carbocycles. The van der Waals surface area contributed by atoms with E-state index in [1.54, 1.807) is 0 Å². The highest BCUT2D eigenvalue weighted by atomic mass is 16.1. The zero-order valence-corrected chi connectivity index (χ0v) is 11.6. The third-order valence-electron chi connectivity index (χ3n) is 5.30. The molecule has 17 heavy (non-hydrogen) atoms. The van der Waals surface area contributed by atoms with Crippen LogP contribution in [-0.4, -0.2) is 5.78 Å². The molecule has 0 heterocycles. The Labute approximate surface area is 106 Å². The van der Waals surface area contributed by atoms with Gasteiger partial charge in [-0.3, -0.25) is 4.79 Å². The van der Waals surface area contributed by atoms with Gasteiger partial charge in [0.1, 0.15) is 5.78 Å². The van der Waals surface area contributed by atoms with Crippen LogP contribution in [0.2, 0.25) is 0 Å². The Morgan fingerprint density at radius 3 is 2.35 bits per heavy atom. The quantitative estimate of drug-likeness (QED) is 0.700. The summed E-state index contributed by atoms with van der Waals surface area (Å²) < 4.78 is 0. The first-order valence-corrected chi connectivity index (χ1v) is 7.72. The van der Waals surface area contributed by atoms with Gasteiger partial charge in [0.2, 0.25) is 0 Å². The third-order valence-corrected chi connectivity index (χ3v) is 5.30. The smallest absolute Gasteiger partial charge is 0.132 e. The molecule has 0 aliphatic heterocycles. The van der Waals surface area contributed by atoms with Crippen molar-refractivity contribution in [2.45, 2.75) is 71.6 Å². The molecule has 0 aromatic carbocycles. The second kappa shape index (κ2) is 6.02. The molecule has 0 radical (unpaired) electrons. The Hall–Kier alpha value is -0.330. The maximum absolute atomic E-state index is 11.3. The molecular formula is C16H28O. The average Bonchev–Trinajstić information content (AvgIpc) is 2.33. The Balaban J connectivity index is 1.82. The Morgan fingerprint density at radius 2 is 1.76 bits per heavy atom. The summed E-state index contributed by atoms with van der Waals surface area (Å²) in [5.41, 5.74) is 0. The Kier molecular flexibility index (Phi) is 4.64. The van der Waals surface area contributed by atoms with Crippen LogP contribution in [0.15, 0.2) is 0 Å².